The molecule has 0 radical (unpaired) electrons. The lowest BCUT2D eigenvalue weighted by Crippen LogP contribution is -2.54. The van der Waals surface area contributed by atoms with Crippen LogP contribution in [0.15, 0.2) is 21.9 Å². The summed E-state index contributed by atoms with van der Waals surface area (Å²) in [5.41, 5.74) is -1.03. The minimum Gasteiger partial charge on any atom is -0.387 e. The van der Waals surface area contributed by atoms with Crippen LogP contribution >= 0.6 is 0 Å². The minimum atomic E-state index is -1.36. The first-order valence-corrected chi connectivity index (χ1v) is 7.54. The van der Waals surface area contributed by atoms with Gasteiger partial charge in [-0.25, -0.2) is 4.99 Å². The molecule has 4 atom stereocenters. The molecule has 1 aliphatic carbocycles. The van der Waals surface area contributed by atoms with Crippen LogP contribution in [0.1, 0.15) is 19.8 Å². The largest absolute Gasteiger partial charge is 0.387 e. The third-order valence-electron chi connectivity index (χ3n) is 4.71. The summed E-state index contributed by atoms with van der Waals surface area (Å²) in [6.45, 7) is 1.86. The number of hydrogen-bond donors (Lipinski definition) is 3. The molecule has 22 heavy (non-hydrogen) atoms. The number of pyridine rings is 1. The molecule has 1 aromatic heterocycles. The minimum absolute atomic E-state index is 0.197. The van der Waals surface area contributed by atoms with Gasteiger partial charge in [-0.2, -0.15) is 0 Å². The van der Waals surface area contributed by atoms with Gasteiger partial charge in [-0.1, -0.05) is 0 Å². The average Bonchev–Trinajstić information content (AvgIpc) is 3.28. The van der Waals surface area contributed by atoms with Gasteiger partial charge in [-0.15, -0.1) is 0 Å². The zero-order valence-electron chi connectivity index (χ0n) is 12.3. The second-order valence-corrected chi connectivity index (χ2v) is 6.53. The monoisotopic (exact) mass is 305 g/mol. The maximum Gasteiger partial charge on any atom is 0.249 e. The molecule has 2 fully saturated rings. The van der Waals surface area contributed by atoms with E-state index in [4.69, 9.17) is 4.74 Å². The summed E-state index contributed by atoms with van der Waals surface area (Å²) in [5.74, 6) is 0.330. The molecule has 0 amide bonds. The Bertz CT molecular complexity index is 768. The Morgan fingerprint density at radius 3 is 2.95 bits per heavy atom. The molecule has 7 heteroatoms. The SMILES string of the molecule is C[C@@]1(O)[C@H](O)[C@@H](C2CC2)O[C@H]1N1C=c2ccc(=O)[nH]c2=NC1. The molecule has 4 rings (SSSR count). The molecule has 0 aromatic carbocycles. The van der Waals surface area contributed by atoms with Crippen LogP contribution in [0.5, 0.6) is 0 Å². The number of aromatic nitrogens is 1. The zero-order chi connectivity index (χ0) is 15.5. The molecular formula is C15H19N3O4. The van der Waals surface area contributed by atoms with E-state index in [9.17, 15) is 15.0 Å². The van der Waals surface area contributed by atoms with E-state index in [2.05, 4.69) is 9.98 Å². The summed E-state index contributed by atoms with van der Waals surface area (Å²) in [6, 6.07) is 3.12. The van der Waals surface area contributed by atoms with Crippen LogP contribution in [0.4, 0.5) is 0 Å². The van der Waals surface area contributed by atoms with Gasteiger partial charge in [0.2, 0.25) is 5.56 Å². The van der Waals surface area contributed by atoms with Gasteiger partial charge in [0.05, 0.1) is 6.10 Å². The predicted octanol–water partition coefficient (Wildman–Crippen LogP) is -1.75. The van der Waals surface area contributed by atoms with Gasteiger partial charge in [0.15, 0.2) is 6.23 Å². The van der Waals surface area contributed by atoms with Gasteiger partial charge in [0.1, 0.15) is 23.9 Å². The first-order valence-electron chi connectivity index (χ1n) is 7.54. The zero-order valence-corrected chi connectivity index (χ0v) is 12.3. The summed E-state index contributed by atoms with van der Waals surface area (Å²) in [5, 5.41) is 21.8. The highest BCUT2D eigenvalue weighted by atomic mass is 16.6. The molecule has 118 valence electrons. The summed E-state index contributed by atoms with van der Waals surface area (Å²) in [6.07, 6.45) is 1.97. The fraction of sp³-hybridized carbons (Fsp3) is 0.600. The van der Waals surface area contributed by atoms with Crippen LogP contribution in [0, 0.1) is 5.92 Å². The maximum absolute atomic E-state index is 11.3. The number of nitrogens with zero attached hydrogens (tertiary/aromatic N) is 2. The van der Waals surface area contributed by atoms with Crippen LogP contribution in [-0.4, -0.2) is 50.8 Å². The summed E-state index contributed by atoms with van der Waals surface area (Å²) in [4.78, 5) is 20.1. The Hall–Kier alpha value is -1.70. The van der Waals surface area contributed by atoms with E-state index in [1.807, 2.05) is 0 Å². The summed E-state index contributed by atoms with van der Waals surface area (Å²) < 4.78 is 5.95. The molecule has 0 bridgehead atoms. The van der Waals surface area contributed by atoms with Gasteiger partial charge in [-0.3, -0.25) is 4.79 Å². The number of aliphatic hydroxyl groups excluding tert-OH is 1. The molecule has 1 saturated carbocycles. The van der Waals surface area contributed by atoms with E-state index in [1.54, 1.807) is 24.1 Å². The van der Waals surface area contributed by atoms with Crippen molar-refractivity contribution in [2.45, 2.75) is 43.8 Å². The molecular weight excluding hydrogens is 286 g/mol. The number of ether oxygens (including phenoxy) is 1. The van der Waals surface area contributed by atoms with Crippen molar-refractivity contribution in [2.75, 3.05) is 6.67 Å². The van der Waals surface area contributed by atoms with Crippen LogP contribution in [0.3, 0.4) is 0 Å². The number of nitrogens with one attached hydrogen (secondary N) is 1. The molecule has 2 aliphatic heterocycles. The lowest BCUT2D eigenvalue weighted by molar-refractivity contribution is -0.113. The van der Waals surface area contributed by atoms with Gasteiger partial charge in [-0.05, 0) is 31.7 Å². The third-order valence-corrected chi connectivity index (χ3v) is 4.71. The van der Waals surface area contributed by atoms with Crippen molar-refractivity contribution in [1.82, 2.24) is 9.88 Å². The molecule has 3 heterocycles. The fourth-order valence-corrected chi connectivity index (χ4v) is 3.27. The molecule has 1 aromatic rings. The lowest BCUT2D eigenvalue weighted by atomic mass is 9.94. The number of rotatable bonds is 2. The lowest BCUT2D eigenvalue weighted by Gasteiger charge is -2.34. The van der Waals surface area contributed by atoms with E-state index in [1.165, 1.54) is 6.07 Å². The molecule has 3 N–H and O–H groups in total. The fourth-order valence-electron chi connectivity index (χ4n) is 3.27. The molecule has 3 aliphatic rings. The summed E-state index contributed by atoms with van der Waals surface area (Å²) >= 11 is 0. The van der Waals surface area contributed by atoms with Gasteiger partial charge < -0.3 is 24.8 Å². The van der Waals surface area contributed by atoms with Crippen LogP contribution in [-0.2, 0) is 4.74 Å². The third kappa shape index (κ3) is 2.08. The van der Waals surface area contributed by atoms with E-state index in [0.717, 1.165) is 18.1 Å². The standard InChI is InChI=1S/C15H19N3O4/c1-15(21)12(20)11(8-2-3-8)22-14(15)18-6-9-4-5-10(19)17-13(9)16-7-18/h4-6,8,11-12,14,20-21H,2-3,7H2,1H3,(H,16,17,19)/t11-,12-,14-,15-/m1/s1. The Morgan fingerprint density at radius 2 is 2.23 bits per heavy atom. The number of H-pyrrole nitrogens is 1. The number of hydrogen-bond acceptors (Lipinski definition) is 6. The first-order chi connectivity index (χ1) is 10.5. The Balaban J connectivity index is 1.67. The smallest absolute Gasteiger partial charge is 0.249 e. The maximum atomic E-state index is 11.3. The second kappa shape index (κ2) is 4.65. The van der Waals surface area contributed by atoms with Crippen LogP contribution < -0.4 is 16.3 Å². The van der Waals surface area contributed by atoms with Crippen molar-refractivity contribution in [3.05, 3.63) is 33.2 Å². The topological polar surface area (TPSA) is 98.1 Å². The normalized spacial score (nSPS) is 37.4. The molecule has 1 saturated heterocycles. The van der Waals surface area contributed by atoms with Gasteiger partial charge >= 0.3 is 0 Å². The van der Waals surface area contributed by atoms with Crippen LogP contribution in [0.25, 0.3) is 6.20 Å². The highest BCUT2D eigenvalue weighted by molar-refractivity contribution is 5.24. The van der Waals surface area contributed by atoms with E-state index >= 15 is 0 Å². The number of aromatic amines is 1. The van der Waals surface area contributed by atoms with Crippen molar-refractivity contribution in [3.63, 3.8) is 0 Å². The predicted molar refractivity (Wildman–Crippen MR) is 77.0 cm³/mol. The first kappa shape index (κ1) is 13.9. The van der Waals surface area contributed by atoms with Crippen molar-refractivity contribution >= 4 is 6.20 Å². The Kier molecular flexibility index (Phi) is 2.94. The molecule has 0 spiro atoms. The Labute approximate surface area is 126 Å². The highest BCUT2D eigenvalue weighted by Gasteiger charge is 2.57. The highest BCUT2D eigenvalue weighted by Crippen LogP contribution is 2.44. The van der Waals surface area contributed by atoms with E-state index in [0.29, 0.717) is 11.4 Å². The van der Waals surface area contributed by atoms with Gasteiger partial charge in [0, 0.05) is 17.5 Å². The second-order valence-electron chi connectivity index (χ2n) is 6.53. The van der Waals surface area contributed by atoms with Crippen LogP contribution in [0.2, 0.25) is 0 Å². The number of aliphatic hydroxyl groups is 2. The van der Waals surface area contributed by atoms with Crippen molar-refractivity contribution in [3.8, 4) is 0 Å². The Morgan fingerprint density at radius 1 is 1.45 bits per heavy atom. The average molecular weight is 305 g/mol. The van der Waals surface area contributed by atoms with Crippen molar-refractivity contribution in [2.24, 2.45) is 10.9 Å². The number of fused-ring (bicyclic) bond motifs is 1. The van der Waals surface area contributed by atoms with E-state index in [-0.39, 0.29) is 18.3 Å². The van der Waals surface area contributed by atoms with Crippen molar-refractivity contribution in [1.29, 1.82) is 0 Å². The summed E-state index contributed by atoms with van der Waals surface area (Å²) in [7, 11) is 0. The van der Waals surface area contributed by atoms with Crippen molar-refractivity contribution < 1.29 is 14.9 Å². The molecule has 7 nitrogen and oxygen atoms in total. The quantitative estimate of drug-likeness (QED) is 0.602. The van der Waals surface area contributed by atoms with E-state index < -0.39 is 17.9 Å². The molecule has 0 unspecified atom stereocenters. The van der Waals surface area contributed by atoms with Gasteiger partial charge in [0.25, 0.3) is 0 Å².